The van der Waals surface area contributed by atoms with Gasteiger partial charge in [0.15, 0.2) is 0 Å². The van der Waals surface area contributed by atoms with E-state index in [4.69, 9.17) is 0 Å². The minimum absolute atomic E-state index is 0.0179. The number of carbonyl (C=O) groups is 1. The number of hydrogen-bond acceptors (Lipinski definition) is 3. The summed E-state index contributed by atoms with van der Waals surface area (Å²) in [5, 5.41) is 2.33. The summed E-state index contributed by atoms with van der Waals surface area (Å²) in [7, 11) is -3.70. The zero-order valence-electron chi connectivity index (χ0n) is 14.8. The van der Waals surface area contributed by atoms with Crippen LogP contribution in [0.4, 0.5) is 14.5 Å². The summed E-state index contributed by atoms with van der Waals surface area (Å²) in [5.41, 5.74) is -0.107. The highest BCUT2D eigenvalue weighted by molar-refractivity contribution is 7.89. The summed E-state index contributed by atoms with van der Waals surface area (Å²) >= 11 is 0. The molecule has 144 valence electrons. The van der Waals surface area contributed by atoms with Crippen molar-refractivity contribution in [3.05, 3.63) is 59.7 Å². The lowest BCUT2D eigenvalue weighted by molar-refractivity contribution is 0.102. The van der Waals surface area contributed by atoms with E-state index in [0.29, 0.717) is 25.1 Å². The maximum Gasteiger partial charge on any atom is 0.255 e. The number of amides is 1. The average Bonchev–Trinajstić information content (AvgIpc) is 2.64. The molecule has 0 atom stereocenters. The Morgan fingerprint density at radius 3 is 2.48 bits per heavy atom. The van der Waals surface area contributed by atoms with Crippen molar-refractivity contribution in [3.8, 4) is 0 Å². The Kier molecular flexibility index (Phi) is 5.57. The second kappa shape index (κ2) is 7.74. The van der Waals surface area contributed by atoms with E-state index in [-0.39, 0.29) is 16.1 Å². The van der Waals surface area contributed by atoms with E-state index >= 15 is 0 Å². The largest absolute Gasteiger partial charge is 0.319 e. The summed E-state index contributed by atoms with van der Waals surface area (Å²) in [6.07, 6.45) is 1.59. The second-order valence-corrected chi connectivity index (χ2v) is 8.63. The third-order valence-electron chi connectivity index (χ3n) is 4.66. The molecule has 1 fully saturated rings. The third kappa shape index (κ3) is 4.33. The summed E-state index contributed by atoms with van der Waals surface area (Å²) in [6.45, 7) is 2.98. The number of benzene rings is 2. The summed E-state index contributed by atoms with van der Waals surface area (Å²) < 4.78 is 53.7. The number of nitrogens with zero attached hydrogens (tertiary/aromatic N) is 1. The lowest BCUT2D eigenvalue weighted by Crippen LogP contribution is -2.37. The maximum absolute atomic E-state index is 13.7. The number of anilines is 1. The predicted octanol–water partition coefficient (Wildman–Crippen LogP) is 3.64. The molecule has 0 saturated carbocycles. The molecular formula is C19H20F2N2O3S. The minimum Gasteiger partial charge on any atom is -0.319 e. The van der Waals surface area contributed by atoms with Crippen LogP contribution in [0.25, 0.3) is 0 Å². The van der Waals surface area contributed by atoms with Gasteiger partial charge >= 0.3 is 0 Å². The van der Waals surface area contributed by atoms with Gasteiger partial charge in [-0.25, -0.2) is 17.2 Å². The van der Waals surface area contributed by atoms with E-state index in [0.717, 1.165) is 25.0 Å². The van der Waals surface area contributed by atoms with Gasteiger partial charge in [-0.15, -0.1) is 0 Å². The molecule has 1 saturated heterocycles. The van der Waals surface area contributed by atoms with Crippen LogP contribution in [-0.2, 0) is 10.0 Å². The Hall–Kier alpha value is -2.32. The smallest absolute Gasteiger partial charge is 0.255 e. The standard InChI is InChI=1S/C19H20F2N2O3S/c1-13-7-9-23(10-8-13)27(25,26)16-4-2-3-14(11-16)19(24)22-18-6-5-15(20)12-17(18)21/h2-6,11-13H,7-10H2,1H3,(H,22,24). The van der Waals surface area contributed by atoms with E-state index in [1.165, 1.54) is 28.6 Å². The van der Waals surface area contributed by atoms with Crippen molar-refractivity contribution in [1.82, 2.24) is 4.31 Å². The molecule has 0 unspecified atom stereocenters. The first-order valence-electron chi connectivity index (χ1n) is 8.64. The Morgan fingerprint density at radius 1 is 1.11 bits per heavy atom. The molecule has 1 N–H and O–H groups in total. The van der Waals surface area contributed by atoms with Crippen LogP contribution in [0.1, 0.15) is 30.1 Å². The lowest BCUT2D eigenvalue weighted by Gasteiger charge is -2.29. The fourth-order valence-corrected chi connectivity index (χ4v) is 4.47. The first-order chi connectivity index (χ1) is 12.8. The Labute approximate surface area is 157 Å². The Bertz CT molecular complexity index is 955. The van der Waals surface area contributed by atoms with E-state index in [2.05, 4.69) is 12.2 Å². The van der Waals surface area contributed by atoms with Gasteiger partial charge in [-0.05, 0) is 49.1 Å². The van der Waals surface area contributed by atoms with Crippen LogP contribution in [0.2, 0.25) is 0 Å². The molecule has 2 aromatic carbocycles. The molecular weight excluding hydrogens is 374 g/mol. The van der Waals surface area contributed by atoms with Crippen molar-refractivity contribution in [2.45, 2.75) is 24.7 Å². The van der Waals surface area contributed by atoms with Gasteiger partial charge in [0.25, 0.3) is 5.91 Å². The molecule has 5 nitrogen and oxygen atoms in total. The van der Waals surface area contributed by atoms with E-state index in [1.807, 2.05) is 0 Å². The van der Waals surface area contributed by atoms with E-state index in [9.17, 15) is 22.0 Å². The van der Waals surface area contributed by atoms with Gasteiger partial charge < -0.3 is 5.32 Å². The average molecular weight is 394 g/mol. The van der Waals surface area contributed by atoms with Crippen LogP contribution >= 0.6 is 0 Å². The second-order valence-electron chi connectivity index (χ2n) is 6.69. The molecule has 1 heterocycles. The van der Waals surface area contributed by atoms with Crippen LogP contribution in [-0.4, -0.2) is 31.7 Å². The summed E-state index contributed by atoms with van der Waals surface area (Å²) in [6, 6.07) is 8.40. The van der Waals surface area contributed by atoms with Gasteiger partial charge in [0, 0.05) is 24.7 Å². The molecule has 1 aliphatic rings. The molecule has 8 heteroatoms. The van der Waals surface area contributed by atoms with Gasteiger partial charge in [0.05, 0.1) is 10.6 Å². The number of carbonyl (C=O) groups excluding carboxylic acids is 1. The predicted molar refractivity (Wildman–Crippen MR) is 97.9 cm³/mol. The SMILES string of the molecule is CC1CCN(S(=O)(=O)c2cccc(C(=O)Nc3ccc(F)cc3F)c2)CC1. The van der Waals surface area contributed by atoms with Gasteiger partial charge in [0.1, 0.15) is 11.6 Å². The van der Waals surface area contributed by atoms with Gasteiger partial charge in [-0.2, -0.15) is 4.31 Å². The van der Waals surface area contributed by atoms with Gasteiger partial charge in [-0.1, -0.05) is 13.0 Å². The van der Waals surface area contributed by atoms with Crippen molar-refractivity contribution < 1.29 is 22.0 Å². The van der Waals surface area contributed by atoms with Crippen LogP contribution < -0.4 is 5.32 Å². The molecule has 0 aliphatic carbocycles. The third-order valence-corrected chi connectivity index (χ3v) is 6.55. The van der Waals surface area contributed by atoms with Crippen LogP contribution in [0, 0.1) is 17.6 Å². The Morgan fingerprint density at radius 2 is 1.81 bits per heavy atom. The highest BCUT2D eigenvalue weighted by Crippen LogP contribution is 2.24. The van der Waals surface area contributed by atoms with Crippen molar-refractivity contribution in [3.63, 3.8) is 0 Å². The van der Waals surface area contributed by atoms with Crippen LogP contribution in [0.15, 0.2) is 47.4 Å². The normalized spacial score (nSPS) is 16.3. The number of piperidine rings is 1. The molecule has 27 heavy (non-hydrogen) atoms. The topological polar surface area (TPSA) is 66.5 Å². The highest BCUT2D eigenvalue weighted by Gasteiger charge is 2.28. The number of nitrogens with one attached hydrogen (secondary N) is 1. The zero-order valence-corrected chi connectivity index (χ0v) is 15.6. The van der Waals surface area contributed by atoms with Gasteiger partial charge in [-0.3, -0.25) is 4.79 Å². The monoisotopic (exact) mass is 394 g/mol. The van der Waals surface area contributed by atoms with Crippen molar-refractivity contribution in [2.75, 3.05) is 18.4 Å². The maximum atomic E-state index is 13.7. The van der Waals surface area contributed by atoms with Crippen molar-refractivity contribution >= 4 is 21.6 Å². The fourth-order valence-electron chi connectivity index (χ4n) is 2.96. The zero-order chi connectivity index (χ0) is 19.6. The van der Waals surface area contributed by atoms with Crippen molar-refractivity contribution in [1.29, 1.82) is 0 Å². The first-order valence-corrected chi connectivity index (χ1v) is 10.1. The molecule has 3 rings (SSSR count). The van der Waals surface area contributed by atoms with Gasteiger partial charge in [0.2, 0.25) is 10.0 Å². The number of hydrogen-bond donors (Lipinski definition) is 1. The molecule has 1 aliphatic heterocycles. The van der Waals surface area contributed by atoms with Crippen LogP contribution in [0.5, 0.6) is 0 Å². The van der Waals surface area contributed by atoms with E-state index in [1.54, 1.807) is 0 Å². The first kappa shape index (κ1) is 19.4. The van der Waals surface area contributed by atoms with E-state index < -0.39 is 27.6 Å². The van der Waals surface area contributed by atoms with Crippen LogP contribution in [0.3, 0.4) is 0 Å². The van der Waals surface area contributed by atoms with Crippen molar-refractivity contribution in [2.24, 2.45) is 5.92 Å². The molecule has 0 bridgehead atoms. The fraction of sp³-hybridized carbons (Fsp3) is 0.316. The molecule has 0 aromatic heterocycles. The minimum atomic E-state index is -3.70. The molecule has 0 spiro atoms. The molecule has 1 amide bonds. The summed E-state index contributed by atoms with van der Waals surface area (Å²) in [4.78, 5) is 12.4. The summed E-state index contributed by atoms with van der Waals surface area (Å²) in [5.74, 6) is -1.85. The number of halogens is 2. The number of rotatable bonds is 4. The molecule has 2 aromatic rings. The number of sulfonamides is 1. The molecule has 0 radical (unpaired) electrons. The highest BCUT2D eigenvalue weighted by atomic mass is 32.2. The Balaban J connectivity index is 1.81. The lowest BCUT2D eigenvalue weighted by atomic mass is 10.0. The quantitative estimate of drug-likeness (QED) is 0.861.